The van der Waals surface area contributed by atoms with Gasteiger partial charge in [-0.25, -0.2) is 9.59 Å². The lowest BCUT2D eigenvalue weighted by Crippen LogP contribution is -2.45. The predicted molar refractivity (Wildman–Crippen MR) is 129 cm³/mol. The second-order valence-electron chi connectivity index (χ2n) is 10.2. The van der Waals surface area contributed by atoms with Gasteiger partial charge in [0.1, 0.15) is 18.6 Å². The Morgan fingerprint density at radius 1 is 0.794 bits per heavy atom. The molecule has 3 aliphatic carbocycles. The quantitative estimate of drug-likeness (QED) is 0.550. The van der Waals surface area contributed by atoms with E-state index in [9.17, 15) is 14.4 Å². The normalized spacial score (nSPS) is 21.1. The zero-order chi connectivity index (χ0) is 23.8. The minimum Gasteiger partial charge on any atom is -0.448 e. The van der Waals surface area contributed by atoms with Crippen LogP contribution in [0.4, 0.5) is 9.59 Å². The second kappa shape index (κ2) is 11.7. The maximum atomic E-state index is 13.7. The molecule has 2 saturated carbocycles. The molecule has 0 aromatic heterocycles. The van der Waals surface area contributed by atoms with Crippen LogP contribution in [0.1, 0.15) is 93.0 Å². The van der Waals surface area contributed by atoms with Crippen LogP contribution in [-0.2, 0) is 15.9 Å². The number of aryl methyl sites for hydroxylation is 1. The van der Waals surface area contributed by atoms with Crippen LogP contribution < -0.4 is 10.6 Å². The Labute approximate surface area is 202 Å². The molecular weight excluding hydrogens is 432 g/mol. The molecule has 2 fully saturated rings. The van der Waals surface area contributed by atoms with Gasteiger partial charge in [0.15, 0.2) is 5.78 Å². The Hall–Kier alpha value is -2.57. The lowest BCUT2D eigenvalue weighted by Gasteiger charge is -2.31. The number of amides is 2. The molecule has 1 aromatic rings. The van der Waals surface area contributed by atoms with Gasteiger partial charge in [-0.1, -0.05) is 62.8 Å². The second-order valence-corrected chi connectivity index (χ2v) is 10.2. The van der Waals surface area contributed by atoms with Gasteiger partial charge in [-0.05, 0) is 50.5 Å². The molecule has 1 aromatic carbocycles. The van der Waals surface area contributed by atoms with Gasteiger partial charge in [0, 0.05) is 17.6 Å². The number of Topliss-reactive ketones (excluding diaryl/α,β-unsaturated/α-hetero) is 1. The van der Waals surface area contributed by atoms with Gasteiger partial charge >= 0.3 is 12.2 Å². The number of fused-ring (bicyclic) bond motifs is 1. The number of benzene rings is 1. The zero-order valence-corrected chi connectivity index (χ0v) is 20.1. The first-order valence-electron chi connectivity index (χ1n) is 13.0. The summed E-state index contributed by atoms with van der Waals surface area (Å²) in [6.45, 7) is -0.204. The van der Waals surface area contributed by atoms with Crippen molar-refractivity contribution >= 4 is 18.0 Å². The number of carbonyl (C=O) groups excluding carboxylic acids is 3. The predicted octanol–water partition coefficient (Wildman–Crippen LogP) is 5.31. The van der Waals surface area contributed by atoms with E-state index in [0.717, 1.165) is 69.8 Å². The van der Waals surface area contributed by atoms with Gasteiger partial charge in [-0.2, -0.15) is 0 Å². The van der Waals surface area contributed by atoms with E-state index in [-0.39, 0.29) is 31.1 Å². The molecule has 7 nitrogen and oxygen atoms in total. The van der Waals surface area contributed by atoms with Gasteiger partial charge < -0.3 is 20.1 Å². The van der Waals surface area contributed by atoms with Crippen molar-refractivity contribution in [3.8, 4) is 0 Å². The zero-order valence-electron chi connectivity index (χ0n) is 20.1. The highest BCUT2D eigenvalue weighted by Gasteiger charge is 2.44. The summed E-state index contributed by atoms with van der Waals surface area (Å²) >= 11 is 0. The van der Waals surface area contributed by atoms with E-state index in [4.69, 9.17) is 9.47 Å². The van der Waals surface area contributed by atoms with E-state index in [1.54, 1.807) is 0 Å². The molecule has 0 aliphatic heterocycles. The molecule has 0 saturated heterocycles. The molecule has 0 heterocycles. The van der Waals surface area contributed by atoms with Crippen molar-refractivity contribution in [1.82, 2.24) is 10.6 Å². The summed E-state index contributed by atoms with van der Waals surface area (Å²) in [6.07, 6.45) is 11.7. The summed E-state index contributed by atoms with van der Waals surface area (Å²) in [4.78, 5) is 38.9. The largest absolute Gasteiger partial charge is 0.448 e. The van der Waals surface area contributed by atoms with Gasteiger partial charge in [0.25, 0.3) is 0 Å². The molecule has 0 radical (unpaired) electrons. The van der Waals surface area contributed by atoms with Crippen molar-refractivity contribution < 1.29 is 23.9 Å². The van der Waals surface area contributed by atoms with Crippen molar-refractivity contribution in [2.24, 2.45) is 5.41 Å². The number of hydrogen-bond acceptors (Lipinski definition) is 5. The van der Waals surface area contributed by atoms with E-state index in [0.29, 0.717) is 12.0 Å². The first kappa shape index (κ1) is 24.6. The number of ketones is 1. The van der Waals surface area contributed by atoms with Crippen LogP contribution in [0.15, 0.2) is 24.3 Å². The average Bonchev–Trinajstić information content (AvgIpc) is 3.00. The van der Waals surface area contributed by atoms with Crippen molar-refractivity contribution in [2.75, 3.05) is 13.2 Å². The Kier molecular flexibility index (Phi) is 8.46. The molecule has 0 atom stereocenters. The fourth-order valence-corrected chi connectivity index (χ4v) is 5.61. The van der Waals surface area contributed by atoms with E-state index < -0.39 is 17.6 Å². The maximum Gasteiger partial charge on any atom is 0.407 e. The Morgan fingerprint density at radius 3 is 1.88 bits per heavy atom. The van der Waals surface area contributed by atoms with E-state index in [1.807, 2.05) is 24.3 Å². The summed E-state index contributed by atoms with van der Waals surface area (Å²) in [5.74, 6) is -0.114. The summed E-state index contributed by atoms with van der Waals surface area (Å²) in [6, 6.07) is 7.82. The van der Waals surface area contributed by atoms with Crippen molar-refractivity contribution in [3.63, 3.8) is 0 Å². The number of ether oxygens (including phenoxy) is 2. The maximum absolute atomic E-state index is 13.7. The standard InChI is InChI=1S/C27H38N2O5/c30-24-23-16-8-7-10-20(23)11-9-17-27(24,18-33-25(31)28-21-12-3-1-4-13-21)19-34-26(32)29-22-14-5-2-6-15-22/h7-8,10,16,21-22H,1-6,9,11-15,17-19H2,(H,28,31)(H,29,32). The van der Waals surface area contributed by atoms with Gasteiger partial charge in [-0.3, -0.25) is 4.79 Å². The third-order valence-electron chi connectivity index (χ3n) is 7.66. The lowest BCUT2D eigenvalue weighted by atomic mass is 9.79. The molecule has 0 bridgehead atoms. The van der Waals surface area contributed by atoms with Gasteiger partial charge in [0.05, 0.1) is 0 Å². The first-order chi connectivity index (χ1) is 16.6. The molecule has 34 heavy (non-hydrogen) atoms. The van der Waals surface area contributed by atoms with Gasteiger partial charge in [-0.15, -0.1) is 0 Å². The number of carbonyl (C=O) groups is 3. The highest BCUT2D eigenvalue weighted by atomic mass is 16.6. The van der Waals surface area contributed by atoms with Crippen LogP contribution in [-0.4, -0.2) is 43.3 Å². The molecular formula is C27H38N2O5. The number of nitrogens with one attached hydrogen (secondary N) is 2. The minimum absolute atomic E-state index is 0.102. The smallest absolute Gasteiger partial charge is 0.407 e. The van der Waals surface area contributed by atoms with Gasteiger partial charge in [0.2, 0.25) is 0 Å². The first-order valence-corrected chi connectivity index (χ1v) is 13.0. The molecule has 7 heteroatoms. The summed E-state index contributed by atoms with van der Waals surface area (Å²) in [7, 11) is 0. The fraction of sp³-hybridized carbons (Fsp3) is 0.667. The summed E-state index contributed by atoms with van der Waals surface area (Å²) in [5, 5.41) is 5.90. The molecule has 3 aliphatic rings. The molecule has 2 amide bonds. The van der Waals surface area contributed by atoms with Crippen LogP contribution in [0.2, 0.25) is 0 Å². The number of hydrogen-bond donors (Lipinski definition) is 2. The average molecular weight is 471 g/mol. The summed E-state index contributed by atoms with van der Waals surface area (Å²) < 4.78 is 11.3. The van der Waals surface area contributed by atoms with E-state index >= 15 is 0 Å². The number of rotatable bonds is 6. The Morgan fingerprint density at radius 2 is 1.32 bits per heavy atom. The fourth-order valence-electron chi connectivity index (χ4n) is 5.61. The molecule has 2 N–H and O–H groups in total. The molecule has 0 spiro atoms. The molecule has 186 valence electrons. The van der Waals surface area contributed by atoms with Crippen LogP contribution in [0.25, 0.3) is 0 Å². The van der Waals surface area contributed by atoms with E-state index in [2.05, 4.69) is 10.6 Å². The highest BCUT2D eigenvalue weighted by Crippen LogP contribution is 2.35. The van der Waals surface area contributed by atoms with Crippen LogP contribution in [0, 0.1) is 5.41 Å². The third-order valence-corrected chi connectivity index (χ3v) is 7.66. The van der Waals surface area contributed by atoms with Crippen molar-refractivity contribution in [2.45, 2.75) is 95.6 Å². The Balaban J connectivity index is 1.43. The van der Waals surface area contributed by atoms with Crippen LogP contribution in [0.5, 0.6) is 0 Å². The van der Waals surface area contributed by atoms with Crippen LogP contribution in [0.3, 0.4) is 0 Å². The summed E-state index contributed by atoms with van der Waals surface area (Å²) in [5.41, 5.74) is 0.542. The molecule has 4 rings (SSSR count). The van der Waals surface area contributed by atoms with Crippen LogP contribution >= 0.6 is 0 Å². The lowest BCUT2D eigenvalue weighted by molar-refractivity contribution is 0.0209. The highest BCUT2D eigenvalue weighted by molar-refractivity contribution is 6.02. The van der Waals surface area contributed by atoms with E-state index in [1.165, 1.54) is 12.8 Å². The third kappa shape index (κ3) is 6.30. The van der Waals surface area contributed by atoms with Crippen molar-refractivity contribution in [3.05, 3.63) is 35.4 Å². The number of alkyl carbamates (subject to hydrolysis) is 2. The minimum atomic E-state index is -1.08. The van der Waals surface area contributed by atoms with Crippen molar-refractivity contribution in [1.29, 1.82) is 0 Å². The molecule has 0 unspecified atom stereocenters. The SMILES string of the molecule is O=C(NC1CCCCC1)OCC1(COC(=O)NC2CCCCC2)CCCc2ccccc2C1=O. The topological polar surface area (TPSA) is 93.7 Å². The monoisotopic (exact) mass is 470 g/mol. The Bertz CT molecular complexity index is 822.